The molecule has 0 spiro atoms. The van der Waals surface area contributed by atoms with Gasteiger partial charge in [-0.25, -0.2) is 4.99 Å². The molecule has 1 atom stereocenters. The van der Waals surface area contributed by atoms with Gasteiger partial charge in [0.25, 0.3) is 0 Å². The van der Waals surface area contributed by atoms with E-state index in [2.05, 4.69) is 42.6 Å². The molecule has 1 unspecified atom stereocenters. The van der Waals surface area contributed by atoms with Crippen molar-refractivity contribution in [2.24, 2.45) is 12.0 Å². The summed E-state index contributed by atoms with van der Waals surface area (Å²) in [5, 5.41) is 11.3. The van der Waals surface area contributed by atoms with E-state index < -0.39 is 0 Å². The number of rotatable bonds is 9. The van der Waals surface area contributed by atoms with Crippen LogP contribution in [0.15, 0.2) is 23.2 Å². The number of aliphatic imine (C=N–C) groups is 1. The van der Waals surface area contributed by atoms with E-state index in [0.717, 1.165) is 46.5 Å². The number of hydrogen-bond acceptors (Lipinski definition) is 4. The molecular weight excluding hydrogens is 366 g/mol. The second-order valence-electron chi connectivity index (χ2n) is 6.91. The Hall–Kier alpha value is -2.70. The second kappa shape index (κ2) is 10.7. The van der Waals surface area contributed by atoms with Crippen LogP contribution >= 0.6 is 0 Å². The lowest BCUT2D eigenvalue weighted by atomic mass is 10.1. The van der Waals surface area contributed by atoms with Crippen molar-refractivity contribution >= 4 is 5.96 Å². The normalized spacial score (nSPS) is 12.6. The van der Waals surface area contributed by atoms with Gasteiger partial charge in [-0.1, -0.05) is 6.07 Å². The van der Waals surface area contributed by atoms with Gasteiger partial charge >= 0.3 is 0 Å². The smallest absolute Gasteiger partial charge is 0.192 e. The molecule has 1 heterocycles. The quantitative estimate of drug-likeness (QED) is 0.496. The molecule has 7 heteroatoms. The third-order valence-corrected chi connectivity index (χ3v) is 4.82. The molecule has 0 saturated heterocycles. The van der Waals surface area contributed by atoms with Crippen LogP contribution in [0.4, 0.5) is 0 Å². The van der Waals surface area contributed by atoms with Crippen LogP contribution in [-0.4, -0.2) is 35.5 Å². The number of nitrogens with one attached hydrogen (secondary N) is 2. The van der Waals surface area contributed by atoms with Crippen molar-refractivity contribution in [2.45, 2.75) is 54.1 Å². The Balaban J connectivity index is 2.18. The lowest BCUT2D eigenvalue weighted by molar-refractivity contribution is 0.287. The first kappa shape index (κ1) is 22.6. The van der Waals surface area contributed by atoms with E-state index in [9.17, 15) is 0 Å². The minimum atomic E-state index is 0.0544. The highest BCUT2D eigenvalue weighted by Crippen LogP contribution is 2.30. The number of guanidine groups is 1. The van der Waals surface area contributed by atoms with Crippen LogP contribution < -0.4 is 20.1 Å². The topological polar surface area (TPSA) is 72.7 Å². The van der Waals surface area contributed by atoms with Gasteiger partial charge in [0.2, 0.25) is 0 Å². The first-order valence-corrected chi connectivity index (χ1v) is 10.3. The zero-order chi connectivity index (χ0) is 21.4. The van der Waals surface area contributed by atoms with Gasteiger partial charge in [-0.05, 0) is 59.2 Å². The van der Waals surface area contributed by atoms with E-state index in [1.807, 2.05) is 44.6 Å². The molecule has 1 aromatic heterocycles. The minimum absolute atomic E-state index is 0.0544. The molecule has 0 aliphatic carbocycles. The Bertz CT molecular complexity index is 829. The molecule has 0 fully saturated rings. The fourth-order valence-corrected chi connectivity index (χ4v) is 3.15. The third kappa shape index (κ3) is 5.89. The van der Waals surface area contributed by atoms with Gasteiger partial charge in [-0.2, -0.15) is 5.10 Å². The molecule has 160 valence electrons. The van der Waals surface area contributed by atoms with E-state index in [1.54, 1.807) is 0 Å². The van der Waals surface area contributed by atoms with Gasteiger partial charge in [0.15, 0.2) is 17.5 Å². The summed E-state index contributed by atoms with van der Waals surface area (Å²) in [7, 11) is 1.96. The maximum absolute atomic E-state index is 5.76. The van der Waals surface area contributed by atoms with Crippen molar-refractivity contribution in [3.05, 3.63) is 40.7 Å². The SMILES string of the molecule is CCNC(=NCc1c(C)nn(C)c1C)NC(C)c1ccc(OCC)c(OCC)c1. The van der Waals surface area contributed by atoms with Gasteiger partial charge in [0.05, 0.1) is 31.5 Å². The molecule has 0 aliphatic heterocycles. The molecule has 2 N–H and O–H groups in total. The highest BCUT2D eigenvalue weighted by Gasteiger charge is 2.13. The number of ether oxygens (including phenoxy) is 2. The van der Waals surface area contributed by atoms with E-state index in [1.165, 1.54) is 0 Å². The molecule has 1 aromatic carbocycles. The van der Waals surface area contributed by atoms with Crippen LogP contribution in [0.3, 0.4) is 0 Å². The monoisotopic (exact) mass is 401 g/mol. The number of hydrogen-bond donors (Lipinski definition) is 2. The highest BCUT2D eigenvalue weighted by molar-refractivity contribution is 5.80. The highest BCUT2D eigenvalue weighted by atomic mass is 16.5. The first-order chi connectivity index (χ1) is 13.9. The Morgan fingerprint density at radius 3 is 2.41 bits per heavy atom. The average molecular weight is 402 g/mol. The van der Waals surface area contributed by atoms with Crippen molar-refractivity contribution in [3.8, 4) is 11.5 Å². The summed E-state index contributed by atoms with van der Waals surface area (Å²) in [5.41, 5.74) is 4.43. The van der Waals surface area contributed by atoms with Gasteiger partial charge in [-0.15, -0.1) is 0 Å². The van der Waals surface area contributed by atoms with Crippen LogP contribution in [0.1, 0.15) is 56.3 Å². The maximum atomic E-state index is 5.76. The maximum Gasteiger partial charge on any atom is 0.192 e. The third-order valence-electron chi connectivity index (χ3n) is 4.82. The molecule has 2 rings (SSSR count). The molecule has 29 heavy (non-hydrogen) atoms. The van der Waals surface area contributed by atoms with Crippen LogP contribution in [-0.2, 0) is 13.6 Å². The Kier molecular flexibility index (Phi) is 8.36. The molecular formula is C22H35N5O2. The average Bonchev–Trinajstić information content (AvgIpc) is 2.93. The summed E-state index contributed by atoms with van der Waals surface area (Å²) >= 11 is 0. The van der Waals surface area contributed by atoms with Crippen LogP contribution in [0.5, 0.6) is 11.5 Å². The summed E-state index contributed by atoms with van der Waals surface area (Å²) in [6, 6.07) is 6.11. The van der Waals surface area contributed by atoms with Crippen LogP contribution in [0, 0.1) is 13.8 Å². The first-order valence-electron chi connectivity index (χ1n) is 10.3. The molecule has 0 aliphatic rings. The van der Waals surface area contributed by atoms with Crippen LogP contribution in [0.25, 0.3) is 0 Å². The molecule has 0 saturated carbocycles. The van der Waals surface area contributed by atoms with E-state index in [0.29, 0.717) is 19.8 Å². The standard InChI is InChI=1S/C22H35N5O2/c1-8-23-22(24-14-19-16(5)26-27(7)17(19)6)25-15(4)18-11-12-20(28-9-2)21(13-18)29-10-3/h11-13,15H,8-10,14H2,1-7H3,(H2,23,24,25). The number of aromatic nitrogens is 2. The van der Waals surface area contributed by atoms with Gasteiger partial charge in [0, 0.05) is 24.8 Å². The molecule has 0 amide bonds. The number of nitrogens with zero attached hydrogens (tertiary/aromatic N) is 3. The Labute approximate surface area is 174 Å². The van der Waals surface area contributed by atoms with Crippen LogP contribution in [0.2, 0.25) is 0 Å². The molecule has 7 nitrogen and oxygen atoms in total. The summed E-state index contributed by atoms with van der Waals surface area (Å²) in [6.07, 6.45) is 0. The fourth-order valence-electron chi connectivity index (χ4n) is 3.15. The van der Waals surface area contributed by atoms with Crippen molar-refractivity contribution in [2.75, 3.05) is 19.8 Å². The second-order valence-corrected chi connectivity index (χ2v) is 6.91. The Morgan fingerprint density at radius 2 is 1.83 bits per heavy atom. The van der Waals surface area contributed by atoms with E-state index in [-0.39, 0.29) is 6.04 Å². The van der Waals surface area contributed by atoms with E-state index in [4.69, 9.17) is 14.5 Å². The zero-order valence-electron chi connectivity index (χ0n) is 18.8. The van der Waals surface area contributed by atoms with Gasteiger partial charge in [-0.3, -0.25) is 4.68 Å². The minimum Gasteiger partial charge on any atom is -0.490 e. The summed E-state index contributed by atoms with van der Waals surface area (Å²) < 4.78 is 13.3. The van der Waals surface area contributed by atoms with Crippen molar-refractivity contribution in [3.63, 3.8) is 0 Å². The predicted octanol–water partition coefficient (Wildman–Crippen LogP) is 3.65. The molecule has 0 radical (unpaired) electrons. The lowest BCUT2D eigenvalue weighted by Crippen LogP contribution is -2.38. The van der Waals surface area contributed by atoms with Crippen molar-refractivity contribution in [1.82, 2.24) is 20.4 Å². The number of benzene rings is 1. The predicted molar refractivity (Wildman–Crippen MR) is 118 cm³/mol. The Morgan fingerprint density at radius 1 is 1.14 bits per heavy atom. The number of aryl methyl sites for hydroxylation is 2. The van der Waals surface area contributed by atoms with Gasteiger partial charge in [0.1, 0.15) is 0 Å². The summed E-state index contributed by atoms with van der Waals surface area (Å²) in [6.45, 7) is 14.8. The van der Waals surface area contributed by atoms with Crippen molar-refractivity contribution in [1.29, 1.82) is 0 Å². The summed E-state index contributed by atoms with van der Waals surface area (Å²) in [5.74, 6) is 2.31. The fraction of sp³-hybridized carbons (Fsp3) is 0.545. The molecule has 0 bridgehead atoms. The van der Waals surface area contributed by atoms with Gasteiger partial charge < -0.3 is 20.1 Å². The van der Waals surface area contributed by atoms with E-state index >= 15 is 0 Å². The van der Waals surface area contributed by atoms with Crippen molar-refractivity contribution < 1.29 is 9.47 Å². The largest absolute Gasteiger partial charge is 0.490 e. The zero-order valence-corrected chi connectivity index (χ0v) is 18.8. The summed E-state index contributed by atoms with van der Waals surface area (Å²) in [4.78, 5) is 4.78. The molecule has 2 aromatic rings. The lowest BCUT2D eigenvalue weighted by Gasteiger charge is -2.20.